The topological polar surface area (TPSA) is 41.9 Å². The number of benzene rings is 1. The Kier molecular flexibility index (Phi) is 3.19. The number of rotatable bonds is 3. The summed E-state index contributed by atoms with van der Waals surface area (Å²) < 4.78 is 11.0. The van der Waals surface area contributed by atoms with Gasteiger partial charge in [-0.05, 0) is 19.1 Å². The Balaban J connectivity index is 2.16. The molecule has 0 aliphatic carbocycles. The molecule has 0 spiro atoms. The Morgan fingerprint density at radius 2 is 2.00 bits per heavy atom. The van der Waals surface area contributed by atoms with Gasteiger partial charge < -0.3 is 19.5 Å². The van der Waals surface area contributed by atoms with E-state index in [4.69, 9.17) is 9.47 Å². The Hall–Kier alpha value is -1.42. The summed E-state index contributed by atoms with van der Waals surface area (Å²) in [5.41, 5.74) is 1.02. The third-order valence-electron chi connectivity index (χ3n) is 2.50. The molecule has 88 valence electrons. The van der Waals surface area contributed by atoms with Crippen molar-refractivity contribution in [2.75, 3.05) is 31.7 Å². The smallest absolute Gasteiger partial charge is 0.163 e. The molecule has 1 aliphatic heterocycles. The second-order valence-corrected chi connectivity index (χ2v) is 4.06. The monoisotopic (exact) mass is 223 g/mol. The molecule has 0 saturated heterocycles. The van der Waals surface area contributed by atoms with Crippen molar-refractivity contribution in [1.29, 1.82) is 0 Å². The van der Waals surface area contributed by atoms with Gasteiger partial charge >= 0.3 is 0 Å². The first-order valence-corrected chi connectivity index (χ1v) is 5.45. The maximum Gasteiger partial charge on any atom is 0.163 e. The first kappa shape index (κ1) is 11.1. The van der Waals surface area contributed by atoms with Crippen LogP contribution >= 0.6 is 0 Å². The van der Waals surface area contributed by atoms with Crippen molar-refractivity contribution < 1.29 is 14.6 Å². The fourth-order valence-electron chi connectivity index (χ4n) is 1.77. The number of ether oxygens (including phenoxy) is 2. The van der Waals surface area contributed by atoms with Crippen LogP contribution in [0.1, 0.15) is 6.92 Å². The van der Waals surface area contributed by atoms with Gasteiger partial charge in [-0.2, -0.15) is 0 Å². The lowest BCUT2D eigenvalue weighted by Gasteiger charge is -2.24. The molecule has 1 aromatic rings. The molecular formula is C12H17NO3. The van der Waals surface area contributed by atoms with E-state index in [1.54, 1.807) is 6.92 Å². The molecule has 4 nitrogen and oxygen atoms in total. The third-order valence-corrected chi connectivity index (χ3v) is 2.50. The summed E-state index contributed by atoms with van der Waals surface area (Å²) in [4.78, 5) is 1.99. The number of fused-ring (bicyclic) bond motifs is 1. The molecule has 4 heteroatoms. The maximum absolute atomic E-state index is 9.32. The number of aliphatic hydroxyl groups is 1. The second kappa shape index (κ2) is 4.61. The van der Waals surface area contributed by atoms with Crippen molar-refractivity contribution in [1.82, 2.24) is 0 Å². The Morgan fingerprint density at radius 3 is 2.69 bits per heavy atom. The summed E-state index contributed by atoms with van der Waals surface area (Å²) in [6, 6.07) is 5.81. The van der Waals surface area contributed by atoms with Crippen molar-refractivity contribution >= 4 is 5.69 Å². The number of hydrogen-bond donors (Lipinski definition) is 1. The van der Waals surface area contributed by atoms with E-state index in [-0.39, 0.29) is 6.10 Å². The minimum Gasteiger partial charge on any atom is -0.486 e. The van der Waals surface area contributed by atoms with Crippen molar-refractivity contribution in [3.05, 3.63) is 18.2 Å². The second-order valence-electron chi connectivity index (χ2n) is 4.06. The van der Waals surface area contributed by atoms with Gasteiger partial charge in [0.2, 0.25) is 0 Å². The van der Waals surface area contributed by atoms with Crippen LogP contribution in [-0.4, -0.2) is 38.0 Å². The molecule has 1 N–H and O–H groups in total. The van der Waals surface area contributed by atoms with Gasteiger partial charge in [0.25, 0.3) is 0 Å². The lowest BCUT2D eigenvalue weighted by molar-refractivity contribution is 0.171. The average Bonchev–Trinajstić information content (AvgIpc) is 2.27. The highest BCUT2D eigenvalue weighted by Crippen LogP contribution is 2.33. The fraction of sp³-hybridized carbons (Fsp3) is 0.500. The van der Waals surface area contributed by atoms with Gasteiger partial charge in [-0.25, -0.2) is 0 Å². The predicted octanol–water partition coefficient (Wildman–Crippen LogP) is 1.27. The molecule has 0 aromatic heterocycles. The molecule has 0 bridgehead atoms. The molecule has 16 heavy (non-hydrogen) atoms. The van der Waals surface area contributed by atoms with Gasteiger partial charge in [0.15, 0.2) is 11.5 Å². The van der Waals surface area contributed by atoms with Crippen LogP contribution in [0.4, 0.5) is 5.69 Å². The van der Waals surface area contributed by atoms with Crippen LogP contribution in [0, 0.1) is 0 Å². The van der Waals surface area contributed by atoms with Crippen LogP contribution in [0.15, 0.2) is 18.2 Å². The lowest BCUT2D eigenvalue weighted by atomic mass is 10.2. The van der Waals surface area contributed by atoms with Crippen LogP contribution in [0.25, 0.3) is 0 Å². The van der Waals surface area contributed by atoms with E-state index in [0.29, 0.717) is 19.8 Å². The van der Waals surface area contributed by atoms with Crippen molar-refractivity contribution in [3.63, 3.8) is 0 Å². The summed E-state index contributed by atoms with van der Waals surface area (Å²) >= 11 is 0. The number of nitrogens with zero attached hydrogens (tertiary/aromatic N) is 1. The molecule has 1 aliphatic rings. The van der Waals surface area contributed by atoms with Gasteiger partial charge in [-0.15, -0.1) is 0 Å². The zero-order chi connectivity index (χ0) is 11.5. The molecule has 0 fully saturated rings. The highest BCUT2D eigenvalue weighted by Gasteiger charge is 2.13. The van der Waals surface area contributed by atoms with Crippen LogP contribution in [0.2, 0.25) is 0 Å². The van der Waals surface area contributed by atoms with Crippen molar-refractivity contribution in [2.45, 2.75) is 13.0 Å². The quantitative estimate of drug-likeness (QED) is 0.838. The standard InChI is InChI=1S/C12H17NO3/c1-9(14)8-13(2)10-3-4-11-12(7-10)16-6-5-15-11/h3-4,7,9,14H,5-6,8H2,1-2H3. The van der Waals surface area contributed by atoms with Crippen LogP contribution in [0.5, 0.6) is 11.5 Å². The summed E-state index contributed by atoms with van der Waals surface area (Å²) in [5.74, 6) is 1.57. The van der Waals surface area contributed by atoms with E-state index in [9.17, 15) is 5.11 Å². The average molecular weight is 223 g/mol. The largest absolute Gasteiger partial charge is 0.486 e. The lowest BCUT2D eigenvalue weighted by Crippen LogP contribution is -2.27. The first-order chi connectivity index (χ1) is 7.66. The van der Waals surface area contributed by atoms with E-state index < -0.39 is 0 Å². The SMILES string of the molecule is CC(O)CN(C)c1ccc2c(c1)OCCO2. The van der Waals surface area contributed by atoms with Crippen molar-refractivity contribution in [2.24, 2.45) is 0 Å². The molecule has 1 aromatic carbocycles. The van der Waals surface area contributed by atoms with Gasteiger partial charge in [-0.1, -0.05) is 0 Å². The molecule has 1 unspecified atom stereocenters. The zero-order valence-electron chi connectivity index (χ0n) is 9.64. The Labute approximate surface area is 95.4 Å². The number of aliphatic hydroxyl groups excluding tert-OH is 1. The van der Waals surface area contributed by atoms with E-state index in [1.807, 2.05) is 30.1 Å². The maximum atomic E-state index is 9.32. The van der Waals surface area contributed by atoms with E-state index in [0.717, 1.165) is 17.2 Å². The van der Waals surface area contributed by atoms with Crippen LogP contribution in [-0.2, 0) is 0 Å². The summed E-state index contributed by atoms with van der Waals surface area (Å²) in [5, 5.41) is 9.32. The Morgan fingerprint density at radius 1 is 1.31 bits per heavy atom. The molecule has 2 rings (SSSR count). The normalized spacial score (nSPS) is 15.7. The highest BCUT2D eigenvalue weighted by atomic mass is 16.6. The van der Waals surface area contributed by atoms with Gasteiger partial charge in [0.1, 0.15) is 13.2 Å². The molecule has 0 saturated carbocycles. The minimum atomic E-state index is -0.349. The van der Waals surface area contributed by atoms with E-state index in [1.165, 1.54) is 0 Å². The van der Waals surface area contributed by atoms with Gasteiger partial charge in [-0.3, -0.25) is 0 Å². The van der Waals surface area contributed by atoms with Gasteiger partial charge in [0.05, 0.1) is 6.10 Å². The number of likely N-dealkylation sites (N-methyl/N-ethyl adjacent to an activating group) is 1. The third kappa shape index (κ3) is 2.39. The first-order valence-electron chi connectivity index (χ1n) is 5.45. The van der Waals surface area contributed by atoms with E-state index in [2.05, 4.69) is 0 Å². The molecule has 1 atom stereocenters. The zero-order valence-corrected chi connectivity index (χ0v) is 9.64. The number of anilines is 1. The summed E-state index contributed by atoms with van der Waals surface area (Å²) in [6.07, 6.45) is -0.349. The van der Waals surface area contributed by atoms with Crippen molar-refractivity contribution in [3.8, 4) is 11.5 Å². The summed E-state index contributed by atoms with van der Waals surface area (Å²) in [7, 11) is 1.94. The fourth-order valence-corrected chi connectivity index (χ4v) is 1.77. The number of hydrogen-bond acceptors (Lipinski definition) is 4. The van der Waals surface area contributed by atoms with Crippen LogP contribution in [0.3, 0.4) is 0 Å². The van der Waals surface area contributed by atoms with E-state index >= 15 is 0 Å². The Bertz CT molecular complexity index is 365. The molecular weight excluding hydrogens is 206 g/mol. The van der Waals surface area contributed by atoms with Gasteiger partial charge in [0, 0.05) is 25.3 Å². The highest BCUT2D eigenvalue weighted by molar-refractivity contribution is 5.56. The molecule has 1 heterocycles. The van der Waals surface area contributed by atoms with Crippen LogP contribution < -0.4 is 14.4 Å². The molecule has 0 amide bonds. The molecule has 0 radical (unpaired) electrons. The summed E-state index contributed by atoms with van der Waals surface area (Å²) in [6.45, 7) is 3.57. The predicted molar refractivity (Wildman–Crippen MR) is 62.4 cm³/mol. The minimum absolute atomic E-state index is 0.349.